The zero-order chi connectivity index (χ0) is 13.8. The number of ether oxygens (including phenoxy) is 5. The van der Waals surface area contributed by atoms with Gasteiger partial charge in [-0.2, -0.15) is 0 Å². The molecule has 0 amide bonds. The molecule has 0 N–H and O–H groups in total. The van der Waals surface area contributed by atoms with Gasteiger partial charge in [0.15, 0.2) is 17.9 Å². The summed E-state index contributed by atoms with van der Waals surface area (Å²) >= 11 is 0. The fourth-order valence-electron chi connectivity index (χ4n) is 3.05. The zero-order valence-electron chi connectivity index (χ0n) is 11.9. The van der Waals surface area contributed by atoms with Crippen molar-refractivity contribution in [2.24, 2.45) is 0 Å². The molecule has 0 aliphatic carbocycles. The van der Waals surface area contributed by atoms with E-state index < -0.39 is 17.9 Å². The van der Waals surface area contributed by atoms with E-state index in [0.717, 1.165) is 0 Å². The average Bonchev–Trinajstić information content (AvgIpc) is 2.74. The maximum atomic E-state index is 6.00. The van der Waals surface area contributed by atoms with Crippen LogP contribution in [0.2, 0.25) is 0 Å². The van der Waals surface area contributed by atoms with Gasteiger partial charge in [-0.3, -0.25) is 0 Å². The third kappa shape index (κ3) is 2.34. The average molecular weight is 270 g/mol. The van der Waals surface area contributed by atoms with Crippen LogP contribution in [-0.2, 0) is 23.7 Å². The van der Waals surface area contributed by atoms with Crippen LogP contribution in [0.25, 0.3) is 0 Å². The van der Waals surface area contributed by atoms with Crippen molar-refractivity contribution in [3.8, 4) is 0 Å². The van der Waals surface area contributed by atoms with Gasteiger partial charge >= 0.3 is 0 Å². The summed E-state index contributed by atoms with van der Waals surface area (Å²) in [5.41, 5.74) is 0. The standard InChI is InChI=1S/C14H22O5/c1-6-7-8-9-10(17-13(2,3)16-9)11-12(15-8)19-14(4,5)18-11/h6,8-12H,1,7H2,2-5H3/t8-,9+,10+,11-,12-/m1/s1. The first-order valence-corrected chi connectivity index (χ1v) is 6.79. The number of rotatable bonds is 2. The van der Waals surface area contributed by atoms with Gasteiger partial charge in [0.1, 0.15) is 18.3 Å². The Kier molecular flexibility index (Phi) is 3.04. The highest BCUT2D eigenvalue weighted by Gasteiger charge is 2.60. The van der Waals surface area contributed by atoms with Gasteiger partial charge in [0.2, 0.25) is 0 Å². The smallest absolute Gasteiger partial charge is 0.190 e. The minimum Gasteiger partial charge on any atom is -0.343 e. The summed E-state index contributed by atoms with van der Waals surface area (Å²) in [5.74, 6) is -1.28. The fraction of sp³-hybridized carbons (Fsp3) is 0.857. The van der Waals surface area contributed by atoms with Crippen LogP contribution in [0.3, 0.4) is 0 Å². The summed E-state index contributed by atoms with van der Waals surface area (Å²) in [7, 11) is 0. The minimum atomic E-state index is -0.654. The molecule has 108 valence electrons. The van der Waals surface area contributed by atoms with E-state index in [1.165, 1.54) is 0 Å². The molecule has 0 aromatic heterocycles. The van der Waals surface area contributed by atoms with Gasteiger partial charge in [0.05, 0.1) is 6.10 Å². The summed E-state index contributed by atoms with van der Waals surface area (Å²) in [6, 6.07) is 0. The molecule has 0 saturated carbocycles. The van der Waals surface area contributed by atoms with Crippen LogP contribution in [-0.4, -0.2) is 42.3 Å². The van der Waals surface area contributed by atoms with Crippen LogP contribution in [0, 0.1) is 0 Å². The van der Waals surface area contributed by atoms with Crippen LogP contribution in [0.5, 0.6) is 0 Å². The van der Waals surface area contributed by atoms with Gasteiger partial charge in [-0.05, 0) is 34.1 Å². The van der Waals surface area contributed by atoms with Crippen molar-refractivity contribution in [3.05, 3.63) is 12.7 Å². The molecule has 3 aliphatic heterocycles. The Morgan fingerprint density at radius 2 is 1.47 bits per heavy atom. The van der Waals surface area contributed by atoms with Gasteiger partial charge in [-0.15, -0.1) is 6.58 Å². The van der Waals surface area contributed by atoms with Gasteiger partial charge in [0.25, 0.3) is 0 Å². The third-order valence-corrected chi connectivity index (χ3v) is 3.65. The molecule has 3 fully saturated rings. The van der Waals surface area contributed by atoms with Crippen molar-refractivity contribution >= 4 is 0 Å². The first kappa shape index (κ1) is 13.5. The second kappa shape index (κ2) is 4.27. The molecule has 5 heteroatoms. The predicted molar refractivity (Wildman–Crippen MR) is 67.3 cm³/mol. The van der Waals surface area contributed by atoms with Gasteiger partial charge in [-0.25, -0.2) is 0 Å². The van der Waals surface area contributed by atoms with Crippen LogP contribution >= 0.6 is 0 Å². The summed E-state index contributed by atoms with van der Waals surface area (Å²) < 4.78 is 29.6. The maximum absolute atomic E-state index is 6.00. The highest BCUT2D eigenvalue weighted by molar-refractivity contribution is 5.01. The van der Waals surface area contributed by atoms with E-state index in [9.17, 15) is 0 Å². The summed E-state index contributed by atoms with van der Waals surface area (Å²) in [5, 5.41) is 0. The quantitative estimate of drug-likeness (QED) is 0.718. The van der Waals surface area contributed by atoms with Crippen LogP contribution < -0.4 is 0 Å². The van der Waals surface area contributed by atoms with Gasteiger partial charge in [0, 0.05) is 0 Å². The topological polar surface area (TPSA) is 46.2 Å². The normalized spacial score (nSPS) is 46.6. The Morgan fingerprint density at radius 1 is 0.895 bits per heavy atom. The van der Waals surface area contributed by atoms with E-state index in [-0.39, 0.29) is 24.4 Å². The third-order valence-electron chi connectivity index (χ3n) is 3.65. The lowest BCUT2D eigenvalue weighted by Crippen LogP contribution is -2.54. The van der Waals surface area contributed by atoms with Crippen LogP contribution in [0.15, 0.2) is 12.7 Å². The monoisotopic (exact) mass is 270 g/mol. The summed E-state index contributed by atoms with van der Waals surface area (Å²) in [6.45, 7) is 11.4. The summed E-state index contributed by atoms with van der Waals surface area (Å²) in [6.07, 6.45) is 1.46. The Bertz CT molecular complexity index is 378. The number of hydrogen-bond acceptors (Lipinski definition) is 5. The van der Waals surface area contributed by atoms with Crippen molar-refractivity contribution in [1.82, 2.24) is 0 Å². The molecule has 0 bridgehead atoms. The van der Waals surface area contributed by atoms with Gasteiger partial charge < -0.3 is 23.7 Å². The first-order valence-electron chi connectivity index (χ1n) is 6.79. The van der Waals surface area contributed by atoms with E-state index in [0.29, 0.717) is 6.42 Å². The molecule has 19 heavy (non-hydrogen) atoms. The molecule has 0 aromatic carbocycles. The Morgan fingerprint density at radius 3 is 2.16 bits per heavy atom. The molecule has 5 atom stereocenters. The van der Waals surface area contributed by atoms with E-state index in [1.54, 1.807) is 0 Å². The molecular weight excluding hydrogens is 248 g/mol. The molecular formula is C14H22O5. The molecule has 5 nitrogen and oxygen atoms in total. The van der Waals surface area contributed by atoms with Gasteiger partial charge in [-0.1, -0.05) is 6.08 Å². The molecule has 3 rings (SSSR count). The minimum absolute atomic E-state index is 0.108. The fourth-order valence-corrected chi connectivity index (χ4v) is 3.05. The molecule has 3 aliphatic rings. The van der Waals surface area contributed by atoms with E-state index >= 15 is 0 Å². The lowest BCUT2D eigenvalue weighted by Gasteiger charge is -2.36. The van der Waals surface area contributed by atoms with Crippen molar-refractivity contribution in [2.75, 3.05) is 0 Å². The number of fused-ring (bicyclic) bond motifs is 3. The van der Waals surface area contributed by atoms with Crippen LogP contribution in [0.1, 0.15) is 34.1 Å². The molecule has 3 saturated heterocycles. The van der Waals surface area contributed by atoms with Crippen molar-refractivity contribution in [3.63, 3.8) is 0 Å². The Hall–Kier alpha value is -0.460. The lowest BCUT2D eigenvalue weighted by molar-refractivity contribution is -0.232. The SMILES string of the molecule is C=CC[C@H]1O[C@@H]2OC(C)(C)O[C@@H]2[C@H]2OC(C)(C)O[C@H]21. The van der Waals surface area contributed by atoms with Crippen LogP contribution in [0.4, 0.5) is 0 Å². The predicted octanol–water partition coefficient (Wildman–Crippen LogP) is 1.96. The van der Waals surface area contributed by atoms with E-state index in [4.69, 9.17) is 23.7 Å². The molecule has 0 radical (unpaired) electrons. The van der Waals surface area contributed by atoms with E-state index in [2.05, 4.69) is 6.58 Å². The molecule has 0 spiro atoms. The molecule has 0 aromatic rings. The van der Waals surface area contributed by atoms with Crippen molar-refractivity contribution in [1.29, 1.82) is 0 Å². The Labute approximate surface area is 113 Å². The molecule has 0 unspecified atom stereocenters. The Balaban J connectivity index is 1.86. The highest BCUT2D eigenvalue weighted by atomic mass is 16.9. The lowest BCUT2D eigenvalue weighted by atomic mass is 9.97. The van der Waals surface area contributed by atoms with Crippen molar-refractivity contribution in [2.45, 2.75) is 76.4 Å². The summed E-state index contributed by atoms with van der Waals surface area (Å²) in [4.78, 5) is 0. The highest BCUT2D eigenvalue weighted by Crippen LogP contribution is 2.44. The first-order chi connectivity index (χ1) is 8.81. The van der Waals surface area contributed by atoms with Crippen molar-refractivity contribution < 1.29 is 23.7 Å². The second-order valence-corrected chi connectivity index (χ2v) is 6.23. The van der Waals surface area contributed by atoms with E-state index in [1.807, 2.05) is 33.8 Å². The molecule has 3 heterocycles. The zero-order valence-corrected chi connectivity index (χ0v) is 11.9. The largest absolute Gasteiger partial charge is 0.343 e. The second-order valence-electron chi connectivity index (χ2n) is 6.23. The number of hydrogen-bond donors (Lipinski definition) is 0. The maximum Gasteiger partial charge on any atom is 0.190 e.